The molecule has 5 atom stereocenters. The van der Waals surface area contributed by atoms with Gasteiger partial charge in [-0.25, -0.2) is 0 Å². The number of rotatable bonds is 8. The predicted molar refractivity (Wildman–Crippen MR) is 104 cm³/mol. The molecule has 3 aliphatic rings. The van der Waals surface area contributed by atoms with E-state index in [-0.39, 0.29) is 16.8 Å². The van der Waals surface area contributed by atoms with Gasteiger partial charge in [0.15, 0.2) is 0 Å². The second kappa shape index (κ2) is 7.86. The molecule has 3 fully saturated rings. The van der Waals surface area contributed by atoms with Gasteiger partial charge in [0.1, 0.15) is 0 Å². The zero-order chi connectivity index (χ0) is 18.9. The lowest BCUT2D eigenvalue weighted by molar-refractivity contribution is -0.103. The molecule has 3 rings (SSSR count). The summed E-state index contributed by atoms with van der Waals surface area (Å²) in [6, 6.07) is 0. The Kier molecular flexibility index (Phi) is 6.66. The van der Waals surface area contributed by atoms with Crippen molar-refractivity contribution in [3.8, 4) is 0 Å². The smallest absolute Gasteiger partial charge is 0.0922 e. The number of epoxide rings is 2. The van der Waals surface area contributed by atoms with E-state index < -0.39 is 0 Å². The standard InChI is InChI=1S/C20H36O3.C2H6/c1-14(2)20(11-10-19(6)17(13-20)23-19)21-12-9-15(3)7-8-16-18(4,5)22-16;1-2/h14-17H,7-13H2,1-6H3;1-2H3. The summed E-state index contributed by atoms with van der Waals surface area (Å²) in [6.45, 7) is 18.5. The van der Waals surface area contributed by atoms with Crippen LogP contribution in [0.25, 0.3) is 0 Å². The van der Waals surface area contributed by atoms with Crippen molar-refractivity contribution in [2.45, 2.75) is 123 Å². The van der Waals surface area contributed by atoms with Crippen LogP contribution >= 0.6 is 0 Å². The van der Waals surface area contributed by atoms with Gasteiger partial charge in [0, 0.05) is 13.0 Å². The molecule has 2 aliphatic heterocycles. The van der Waals surface area contributed by atoms with Crippen LogP contribution in [0.15, 0.2) is 0 Å². The third kappa shape index (κ3) is 4.99. The van der Waals surface area contributed by atoms with Crippen molar-refractivity contribution in [3.05, 3.63) is 0 Å². The topological polar surface area (TPSA) is 34.3 Å². The molecule has 1 aliphatic carbocycles. The molecule has 5 unspecified atom stereocenters. The number of fused-ring (bicyclic) bond motifs is 1. The molecule has 3 nitrogen and oxygen atoms in total. The van der Waals surface area contributed by atoms with E-state index in [9.17, 15) is 0 Å². The predicted octanol–water partition coefficient (Wildman–Crippen LogP) is 5.75. The Labute approximate surface area is 156 Å². The Bertz CT molecular complexity index is 433. The van der Waals surface area contributed by atoms with Crippen molar-refractivity contribution in [1.82, 2.24) is 0 Å². The highest BCUT2D eigenvalue weighted by Gasteiger charge is 2.60. The third-order valence-corrected chi connectivity index (χ3v) is 6.75. The van der Waals surface area contributed by atoms with E-state index in [0.29, 0.717) is 24.0 Å². The van der Waals surface area contributed by atoms with Gasteiger partial charge in [-0.3, -0.25) is 0 Å². The molecule has 0 N–H and O–H groups in total. The highest BCUT2D eigenvalue weighted by atomic mass is 16.6. The van der Waals surface area contributed by atoms with Crippen LogP contribution in [0.2, 0.25) is 0 Å². The fraction of sp³-hybridized carbons (Fsp3) is 1.00. The van der Waals surface area contributed by atoms with E-state index >= 15 is 0 Å². The highest BCUT2D eigenvalue weighted by Crippen LogP contribution is 2.53. The summed E-state index contributed by atoms with van der Waals surface area (Å²) >= 11 is 0. The van der Waals surface area contributed by atoms with Gasteiger partial charge in [0.2, 0.25) is 0 Å². The SMILES string of the molecule is CC.CC(CCOC1(C(C)C)CCC2(C)OC2C1)CCC1OC1(C)C. The maximum Gasteiger partial charge on any atom is 0.0922 e. The van der Waals surface area contributed by atoms with Gasteiger partial charge < -0.3 is 14.2 Å². The molecule has 2 saturated heterocycles. The molecule has 0 amide bonds. The zero-order valence-corrected chi connectivity index (χ0v) is 18.0. The Hall–Kier alpha value is -0.120. The first-order chi connectivity index (χ1) is 11.7. The highest BCUT2D eigenvalue weighted by molar-refractivity contribution is 5.09. The van der Waals surface area contributed by atoms with Gasteiger partial charge in [0.25, 0.3) is 0 Å². The molecule has 148 valence electrons. The van der Waals surface area contributed by atoms with Gasteiger partial charge in [-0.2, -0.15) is 0 Å². The number of ether oxygens (including phenoxy) is 3. The van der Waals surface area contributed by atoms with Crippen LogP contribution in [0.3, 0.4) is 0 Å². The van der Waals surface area contributed by atoms with E-state index in [1.807, 2.05) is 13.8 Å². The largest absolute Gasteiger partial charge is 0.375 e. The third-order valence-electron chi connectivity index (χ3n) is 6.75. The fourth-order valence-electron chi connectivity index (χ4n) is 4.25. The first-order valence-corrected chi connectivity index (χ1v) is 10.7. The first-order valence-electron chi connectivity index (χ1n) is 10.7. The summed E-state index contributed by atoms with van der Waals surface area (Å²) < 4.78 is 18.1. The van der Waals surface area contributed by atoms with E-state index in [0.717, 1.165) is 32.3 Å². The van der Waals surface area contributed by atoms with Crippen molar-refractivity contribution in [2.75, 3.05) is 6.61 Å². The van der Waals surface area contributed by atoms with Crippen LogP contribution in [0.1, 0.15) is 93.9 Å². The summed E-state index contributed by atoms with van der Waals surface area (Å²) in [4.78, 5) is 0. The average Bonchev–Trinajstić information content (AvgIpc) is 3.40. The Balaban J connectivity index is 0.00000109. The molecule has 0 aromatic rings. The minimum Gasteiger partial charge on any atom is -0.375 e. The van der Waals surface area contributed by atoms with Gasteiger partial charge in [-0.1, -0.05) is 34.6 Å². The Morgan fingerprint density at radius 2 is 1.64 bits per heavy atom. The maximum atomic E-state index is 6.50. The molecular formula is C22H42O3. The van der Waals surface area contributed by atoms with Crippen LogP contribution in [-0.4, -0.2) is 35.6 Å². The van der Waals surface area contributed by atoms with Gasteiger partial charge >= 0.3 is 0 Å². The van der Waals surface area contributed by atoms with Crippen molar-refractivity contribution >= 4 is 0 Å². The minimum atomic E-state index is 0.0436. The van der Waals surface area contributed by atoms with Gasteiger partial charge in [-0.15, -0.1) is 0 Å². The molecule has 1 saturated carbocycles. The lowest BCUT2D eigenvalue weighted by atomic mass is 9.73. The van der Waals surface area contributed by atoms with E-state index in [1.165, 1.54) is 12.8 Å². The summed E-state index contributed by atoms with van der Waals surface area (Å²) in [6.07, 6.45) is 7.90. The maximum absolute atomic E-state index is 6.50. The molecule has 0 aromatic carbocycles. The lowest BCUT2D eigenvalue weighted by Crippen LogP contribution is -2.45. The number of hydrogen-bond acceptors (Lipinski definition) is 3. The molecule has 0 radical (unpaired) electrons. The second-order valence-corrected chi connectivity index (χ2v) is 9.37. The molecule has 2 heterocycles. The Morgan fingerprint density at radius 1 is 1.00 bits per heavy atom. The second-order valence-electron chi connectivity index (χ2n) is 9.37. The summed E-state index contributed by atoms with van der Waals surface area (Å²) in [5, 5.41) is 0. The average molecular weight is 355 g/mol. The van der Waals surface area contributed by atoms with E-state index in [1.54, 1.807) is 0 Å². The van der Waals surface area contributed by atoms with Crippen molar-refractivity contribution < 1.29 is 14.2 Å². The quantitative estimate of drug-likeness (QED) is 0.521. The van der Waals surface area contributed by atoms with Crippen LogP contribution in [-0.2, 0) is 14.2 Å². The molecule has 0 bridgehead atoms. The summed E-state index contributed by atoms with van der Waals surface area (Å²) in [5.41, 5.74) is 0.352. The summed E-state index contributed by atoms with van der Waals surface area (Å²) in [5.74, 6) is 1.28. The van der Waals surface area contributed by atoms with Crippen LogP contribution in [0, 0.1) is 11.8 Å². The van der Waals surface area contributed by atoms with Crippen LogP contribution < -0.4 is 0 Å². The monoisotopic (exact) mass is 354 g/mol. The van der Waals surface area contributed by atoms with Crippen LogP contribution in [0.5, 0.6) is 0 Å². The zero-order valence-electron chi connectivity index (χ0n) is 18.0. The van der Waals surface area contributed by atoms with Crippen molar-refractivity contribution in [1.29, 1.82) is 0 Å². The van der Waals surface area contributed by atoms with Gasteiger partial charge in [-0.05, 0) is 64.7 Å². The Morgan fingerprint density at radius 3 is 2.16 bits per heavy atom. The fourth-order valence-corrected chi connectivity index (χ4v) is 4.25. The van der Waals surface area contributed by atoms with Gasteiger partial charge in [0.05, 0.1) is 29.0 Å². The van der Waals surface area contributed by atoms with E-state index in [4.69, 9.17) is 14.2 Å². The first kappa shape index (κ1) is 21.2. The minimum absolute atomic E-state index is 0.0436. The summed E-state index contributed by atoms with van der Waals surface area (Å²) in [7, 11) is 0. The molecule has 0 aromatic heterocycles. The molecule has 3 heteroatoms. The lowest BCUT2D eigenvalue weighted by Gasteiger charge is -2.41. The number of hydrogen-bond donors (Lipinski definition) is 0. The van der Waals surface area contributed by atoms with E-state index in [2.05, 4.69) is 41.5 Å². The molecular weight excluding hydrogens is 312 g/mol. The van der Waals surface area contributed by atoms with Crippen molar-refractivity contribution in [2.24, 2.45) is 11.8 Å². The normalized spacial score (nSPS) is 39.2. The van der Waals surface area contributed by atoms with Crippen LogP contribution in [0.4, 0.5) is 0 Å². The molecule has 0 spiro atoms. The molecule has 25 heavy (non-hydrogen) atoms. The van der Waals surface area contributed by atoms with Crippen molar-refractivity contribution in [3.63, 3.8) is 0 Å².